The van der Waals surface area contributed by atoms with E-state index in [1.54, 1.807) is 0 Å². The molecule has 1 unspecified atom stereocenters. The van der Waals surface area contributed by atoms with Gasteiger partial charge in [-0.25, -0.2) is 28.3 Å². The monoisotopic (exact) mass is 633 g/mol. The maximum Gasteiger partial charge on any atom is 0.386 e. The van der Waals surface area contributed by atoms with Crippen molar-refractivity contribution >= 4 is 47.3 Å². The van der Waals surface area contributed by atoms with Crippen molar-refractivity contribution in [3.63, 3.8) is 0 Å². The first-order chi connectivity index (χ1) is 20.0. The SMILES string of the molecule is Nc1nc2c(ncn2[C@@H]2O[C@H](CO)[C@@H](F)C2O[P@](=O)(S)OC[C@H]2O[C@@H](n3cnc4c(=O)[nH]cnc43)[C@@H](F)[C@@H]2O)c(=O)[nH]1. The van der Waals surface area contributed by atoms with E-state index in [1.165, 1.54) is 0 Å². The van der Waals surface area contributed by atoms with Gasteiger partial charge < -0.3 is 30.4 Å². The second-order valence-electron chi connectivity index (χ2n) is 9.36. The predicted octanol–water partition coefficient (Wildman–Crippen LogP) is -0.901. The summed E-state index contributed by atoms with van der Waals surface area (Å²) in [5, 5.41) is 20.0. The van der Waals surface area contributed by atoms with Crippen LogP contribution in [0.2, 0.25) is 0 Å². The molecule has 2 aliphatic heterocycles. The fourth-order valence-electron chi connectivity index (χ4n) is 4.77. The number of H-pyrrole nitrogens is 2. The zero-order valence-electron chi connectivity index (χ0n) is 20.9. The van der Waals surface area contributed by atoms with Crippen molar-refractivity contribution < 1.29 is 42.1 Å². The third kappa shape index (κ3) is 4.90. The van der Waals surface area contributed by atoms with Crippen LogP contribution in [0.1, 0.15) is 12.5 Å². The van der Waals surface area contributed by atoms with E-state index in [4.69, 9.17) is 24.3 Å². The quantitative estimate of drug-likeness (QED) is 0.102. The second-order valence-corrected chi connectivity index (χ2v) is 12.2. The molecule has 42 heavy (non-hydrogen) atoms. The van der Waals surface area contributed by atoms with E-state index in [0.29, 0.717) is 0 Å². The number of aromatic nitrogens is 8. The number of alkyl halides is 2. The van der Waals surface area contributed by atoms with Crippen LogP contribution in [0.25, 0.3) is 22.3 Å². The van der Waals surface area contributed by atoms with E-state index in [0.717, 1.165) is 28.1 Å². The molecule has 0 bridgehead atoms. The summed E-state index contributed by atoms with van der Waals surface area (Å²) in [4.78, 5) is 44.4. The van der Waals surface area contributed by atoms with Gasteiger partial charge in [-0.15, -0.1) is 0 Å². The Bertz CT molecular complexity index is 1800. The zero-order chi connectivity index (χ0) is 29.9. The number of aliphatic hydroxyl groups is 2. The lowest BCUT2D eigenvalue weighted by molar-refractivity contribution is -0.0530. The highest BCUT2D eigenvalue weighted by molar-refractivity contribution is 8.44. The van der Waals surface area contributed by atoms with Crippen molar-refractivity contribution in [1.29, 1.82) is 0 Å². The van der Waals surface area contributed by atoms with Crippen molar-refractivity contribution in [1.82, 2.24) is 39.0 Å². The van der Waals surface area contributed by atoms with Crippen molar-refractivity contribution in [2.45, 2.75) is 49.2 Å². The minimum Gasteiger partial charge on any atom is -0.394 e. The van der Waals surface area contributed by atoms with Gasteiger partial charge in [0.15, 0.2) is 47.1 Å². The first-order valence-electron chi connectivity index (χ1n) is 12.2. The van der Waals surface area contributed by atoms with Crippen LogP contribution in [0, 0.1) is 0 Å². The number of thiol groups is 1. The third-order valence-corrected chi connectivity index (χ3v) is 8.37. The number of fused-ring (bicyclic) bond motifs is 2. The van der Waals surface area contributed by atoms with Gasteiger partial charge in [0.2, 0.25) is 5.95 Å². The number of ether oxygens (including phenoxy) is 2. The van der Waals surface area contributed by atoms with Gasteiger partial charge in [0.25, 0.3) is 11.1 Å². The number of nitrogens with zero attached hydrogens (tertiary/aromatic N) is 6. The van der Waals surface area contributed by atoms with Crippen molar-refractivity contribution in [3.05, 3.63) is 39.7 Å². The highest BCUT2D eigenvalue weighted by atomic mass is 32.7. The van der Waals surface area contributed by atoms with E-state index < -0.39 is 80.3 Å². The third-order valence-electron chi connectivity index (χ3n) is 6.76. The van der Waals surface area contributed by atoms with Crippen molar-refractivity contribution in [3.8, 4) is 0 Å². The normalized spacial score (nSPS) is 31.3. The number of anilines is 1. The summed E-state index contributed by atoms with van der Waals surface area (Å²) in [6, 6.07) is 0. The number of nitrogens with one attached hydrogen (secondary N) is 2. The predicted molar refractivity (Wildman–Crippen MR) is 139 cm³/mol. The van der Waals surface area contributed by atoms with Gasteiger partial charge in [-0.05, 0) is 0 Å². The molecule has 2 aliphatic rings. The van der Waals surface area contributed by atoms with Crippen LogP contribution < -0.4 is 16.9 Å². The Balaban J connectivity index is 1.19. The number of halogens is 2. The average Bonchev–Trinajstić information content (AvgIpc) is 3.69. The summed E-state index contributed by atoms with van der Waals surface area (Å²) in [6.07, 6.45) is -10.1. The molecule has 0 aromatic carbocycles. The Labute approximate surface area is 236 Å². The van der Waals surface area contributed by atoms with Crippen molar-refractivity contribution in [2.24, 2.45) is 0 Å². The number of nitrogens with two attached hydrogens (primary N) is 1. The van der Waals surface area contributed by atoms with E-state index in [9.17, 15) is 24.4 Å². The van der Waals surface area contributed by atoms with E-state index >= 15 is 8.78 Å². The summed E-state index contributed by atoms with van der Waals surface area (Å²) in [7, 11) is 0. The van der Waals surface area contributed by atoms with Crippen LogP contribution in [0.5, 0.6) is 0 Å². The molecule has 2 saturated heterocycles. The van der Waals surface area contributed by atoms with Crippen LogP contribution in [-0.2, 0) is 23.1 Å². The number of hydrogen-bond acceptors (Lipinski definition) is 14. The summed E-state index contributed by atoms with van der Waals surface area (Å²) < 4.78 is 67.4. The first kappa shape index (κ1) is 28.8. The average molecular weight is 633 g/mol. The molecule has 6 N–H and O–H groups in total. The largest absolute Gasteiger partial charge is 0.394 e. The molecule has 6 heterocycles. The standard InChI is InChI=1S/C20H22F2N9O9PS/c21-8-6(1-32)38-19(31-5-27-11-15(31)28-20(23)29-17(11)35)13(8)40-41(36,42)37-2-7-12(33)9(22)18(39-7)30-4-26-10-14(30)24-3-25-16(10)34/h3-9,12-13,18-19,32-33H,1-2H2,(H,36,42)(H,24,25,34)(H3,23,28,29,35)/t6-,7-,8-,9+,12-,13?,18-,19-,41-/m1/s1. The van der Waals surface area contributed by atoms with Gasteiger partial charge in [0.1, 0.15) is 24.4 Å². The minimum absolute atomic E-state index is 0.00617. The molecular weight excluding hydrogens is 611 g/mol. The summed E-state index contributed by atoms with van der Waals surface area (Å²) in [5.74, 6) is -0.269. The summed E-state index contributed by atoms with van der Waals surface area (Å²) in [6.45, 7) is -6.01. The lowest BCUT2D eigenvalue weighted by atomic mass is 10.1. The zero-order valence-corrected chi connectivity index (χ0v) is 22.7. The number of aliphatic hydroxyl groups excluding tert-OH is 2. The Kier molecular flexibility index (Phi) is 7.38. The fraction of sp³-hybridized carbons (Fsp3) is 0.500. The molecule has 0 radical (unpaired) electrons. The van der Waals surface area contributed by atoms with Crippen molar-refractivity contribution in [2.75, 3.05) is 18.9 Å². The number of hydrogen-bond donors (Lipinski definition) is 6. The van der Waals surface area contributed by atoms with Gasteiger partial charge in [-0.1, -0.05) is 12.2 Å². The molecule has 4 aromatic rings. The molecule has 6 rings (SSSR count). The van der Waals surface area contributed by atoms with Crippen LogP contribution in [-0.4, -0.2) is 99.2 Å². The number of rotatable bonds is 8. The van der Waals surface area contributed by atoms with Crippen LogP contribution >= 0.6 is 19.0 Å². The molecule has 226 valence electrons. The lowest BCUT2D eigenvalue weighted by Crippen LogP contribution is -2.33. The maximum atomic E-state index is 15.3. The van der Waals surface area contributed by atoms with Crippen LogP contribution in [0.4, 0.5) is 14.7 Å². The molecule has 4 aromatic heterocycles. The molecule has 22 heteroatoms. The van der Waals surface area contributed by atoms with Gasteiger partial charge >= 0.3 is 6.80 Å². The molecule has 18 nitrogen and oxygen atoms in total. The first-order valence-corrected chi connectivity index (χ1v) is 14.8. The minimum atomic E-state index is -4.50. The number of imidazole rings is 2. The van der Waals surface area contributed by atoms with Gasteiger partial charge in [-0.3, -0.25) is 32.8 Å². The Morgan fingerprint density at radius 3 is 2.43 bits per heavy atom. The van der Waals surface area contributed by atoms with Gasteiger partial charge in [0.05, 0.1) is 32.2 Å². The summed E-state index contributed by atoms with van der Waals surface area (Å²) in [5.41, 5.74) is 4.00. The summed E-state index contributed by atoms with van der Waals surface area (Å²) >= 11 is 3.89. The van der Waals surface area contributed by atoms with Gasteiger partial charge in [-0.2, -0.15) is 4.98 Å². The Morgan fingerprint density at radius 1 is 1.05 bits per heavy atom. The highest BCUT2D eigenvalue weighted by Crippen LogP contribution is 2.57. The van der Waals surface area contributed by atoms with E-state index in [-0.39, 0.29) is 28.3 Å². The molecule has 0 spiro atoms. The topological polar surface area (TPSA) is 248 Å². The lowest BCUT2D eigenvalue weighted by Gasteiger charge is -2.25. The molecule has 0 amide bonds. The molecule has 2 fully saturated rings. The van der Waals surface area contributed by atoms with Gasteiger partial charge in [0, 0.05) is 0 Å². The maximum absolute atomic E-state index is 15.3. The van der Waals surface area contributed by atoms with E-state index in [1.807, 2.05) is 0 Å². The molecule has 0 saturated carbocycles. The Morgan fingerprint density at radius 2 is 1.71 bits per heavy atom. The smallest absolute Gasteiger partial charge is 0.386 e. The Hall–Kier alpha value is -3.30. The fourth-order valence-corrected chi connectivity index (χ4v) is 6.22. The number of aromatic amines is 2. The molecule has 0 aliphatic carbocycles. The number of nitrogen functional groups attached to an aromatic ring is 1. The highest BCUT2D eigenvalue weighted by Gasteiger charge is 2.51. The molecule has 9 atom stereocenters. The van der Waals surface area contributed by atoms with E-state index in [2.05, 4.69) is 42.2 Å². The second kappa shape index (κ2) is 10.8. The van der Waals surface area contributed by atoms with Crippen LogP contribution in [0.15, 0.2) is 28.6 Å². The molecular formula is C20H22F2N9O9PS. The van der Waals surface area contributed by atoms with Crippen LogP contribution in [0.3, 0.4) is 0 Å².